The molecule has 0 atom stereocenters. The van der Waals surface area contributed by atoms with Gasteiger partial charge in [0.05, 0.1) is 18.5 Å². The number of anilines is 2. The van der Waals surface area contributed by atoms with Crippen molar-refractivity contribution in [3.8, 4) is 5.75 Å². The lowest BCUT2D eigenvalue weighted by molar-refractivity contribution is 0.187. The lowest BCUT2D eigenvalue weighted by Gasteiger charge is -2.39. The SMILES string of the molecule is COc1ccc(N)c(N2CCN(C3CCCC3)CC2)c1. The lowest BCUT2D eigenvalue weighted by atomic mass is 10.1. The van der Waals surface area contributed by atoms with Gasteiger partial charge in [0.15, 0.2) is 0 Å². The van der Waals surface area contributed by atoms with Crippen LogP contribution in [0, 0.1) is 0 Å². The van der Waals surface area contributed by atoms with Crippen LogP contribution < -0.4 is 15.4 Å². The molecular formula is C16H25N3O. The van der Waals surface area contributed by atoms with Gasteiger partial charge in [-0.25, -0.2) is 0 Å². The second kappa shape index (κ2) is 5.92. The van der Waals surface area contributed by atoms with E-state index in [1.165, 1.54) is 25.7 Å². The number of nitrogens with zero attached hydrogens (tertiary/aromatic N) is 2. The molecule has 2 fully saturated rings. The summed E-state index contributed by atoms with van der Waals surface area (Å²) in [5.41, 5.74) is 8.09. The molecule has 0 aromatic heterocycles. The fourth-order valence-electron chi connectivity index (χ4n) is 3.52. The molecule has 0 radical (unpaired) electrons. The van der Waals surface area contributed by atoms with Crippen LogP contribution in [-0.2, 0) is 0 Å². The largest absolute Gasteiger partial charge is 0.497 e. The highest BCUT2D eigenvalue weighted by atomic mass is 16.5. The summed E-state index contributed by atoms with van der Waals surface area (Å²) in [6.45, 7) is 4.43. The first-order valence-electron chi connectivity index (χ1n) is 7.70. The van der Waals surface area contributed by atoms with Crippen LogP contribution in [0.15, 0.2) is 18.2 Å². The molecule has 3 rings (SSSR count). The van der Waals surface area contributed by atoms with E-state index >= 15 is 0 Å². The zero-order valence-corrected chi connectivity index (χ0v) is 12.3. The molecule has 0 amide bonds. The minimum atomic E-state index is 0.833. The van der Waals surface area contributed by atoms with Gasteiger partial charge in [0.2, 0.25) is 0 Å². The number of piperazine rings is 1. The summed E-state index contributed by atoms with van der Waals surface area (Å²) in [4.78, 5) is 5.06. The minimum absolute atomic E-state index is 0.833. The topological polar surface area (TPSA) is 41.7 Å². The van der Waals surface area contributed by atoms with E-state index in [1.807, 2.05) is 12.1 Å². The highest BCUT2D eigenvalue weighted by Crippen LogP contribution is 2.30. The maximum Gasteiger partial charge on any atom is 0.121 e. The quantitative estimate of drug-likeness (QED) is 0.860. The predicted octanol–water partition coefficient (Wildman–Crippen LogP) is 2.34. The maximum atomic E-state index is 6.12. The number of ether oxygens (including phenoxy) is 1. The number of benzene rings is 1. The summed E-state index contributed by atoms with van der Waals surface area (Å²) >= 11 is 0. The molecule has 1 aromatic carbocycles. The van der Waals surface area contributed by atoms with Gasteiger partial charge in [0.1, 0.15) is 5.75 Å². The Balaban J connectivity index is 1.65. The highest BCUT2D eigenvalue weighted by Gasteiger charge is 2.26. The van der Waals surface area contributed by atoms with E-state index in [1.54, 1.807) is 7.11 Å². The van der Waals surface area contributed by atoms with Crippen molar-refractivity contribution < 1.29 is 4.74 Å². The van der Waals surface area contributed by atoms with Crippen LogP contribution in [-0.4, -0.2) is 44.2 Å². The first-order chi connectivity index (χ1) is 9.78. The van der Waals surface area contributed by atoms with Crippen molar-refractivity contribution in [1.82, 2.24) is 4.90 Å². The van der Waals surface area contributed by atoms with Crippen LogP contribution in [0.2, 0.25) is 0 Å². The Morgan fingerprint density at radius 3 is 2.45 bits per heavy atom. The maximum absolute atomic E-state index is 6.12. The van der Waals surface area contributed by atoms with Crippen molar-refractivity contribution in [2.45, 2.75) is 31.7 Å². The smallest absolute Gasteiger partial charge is 0.121 e. The van der Waals surface area contributed by atoms with E-state index in [0.717, 1.165) is 49.3 Å². The lowest BCUT2D eigenvalue weighted by Crippen LogP contribution is -2.49. The number of nitrogens with two attached hydrogens (primary N) is 1. The van der Waals surface area contributed by atoms with Gasteiger partial charge in [-0.15, -0.1) is 0 Å². The van der Waals surface area contributed by atoms with Gasteiger partial charge < -0.3 is 15.4 Å². The number of rotatable bonds is 3. The Morgan fingerprint density at radius 1 is 1.10 bits per heavy atom. The third kappa shape index (κ3) is 2.70. The molecule has 1 heterocycles. The van der Waals surface area contributed by atoms with E-state index in [-0.39, 0.29) is 0 Å². The molecule has 2 aliphatic rings. The van der Waals surface area contributed by atoms with Crippen LogP contribution in [0.25, 0.3) is 0 Å². The van der Waals surface area contributed by atoms with Crippen molar-refractivity contribution in [3.63, 3.8) is 0 Å². The molecule has 2 N–H and O–H groups in total. The molecule has 1 saturated heterocycles. The molecule has 1 aromatic rings. The van der Waals surface area contributed by atoms with Crippen molar-refractivity contribution in [3.05, 3.63) is 18.2 Å². The van der Waals surface area contributed by atoms with E-state index in [9.17, 15) is 0 Å². The second-order valence-corrected chi connectivity index (χ2v) is 5.89. The van der Waals surface area contributed by atoms with E-state index in [4.69, 9.17) is 10.5 Å². The summed E-state index contributed by atoms with van der Waals surface area (Å²) in [5.74, 6) is 0.882. The summed E-state index contributed by atoms with van der Waals surface area (Å²) < 4.78 is 5.31. The van der Waals surface area contributed by atoms with Gasteiger partial charge in [0.25, 0.3) is 0 Å². The van der Waals surface area contributed by atoms with Gasteiger partial charge in [-0.1, -0.05) is 12.8 Å². The summed E-state index contributed by atoms with van der Waals surface area (Å²) in [7, 11) is 1.70. The van der Waals surface area contributed by atoms with Crippen LogP contribution in [0.5, 0.6) is 5.75 Å². The Bertz CT molecular complexity index is 449. The molecule has 4 heteroatoms. The van der Waals surface area contributed by atoms with Crippen LogP contribution in [0.3, 0.4) is 0 Å². The molecule has 110 valence electrons. The summed E-state index contributed by atoms with van der Waals surface area (Å²) in [6.07, 6.45) is 5.60. The number of hydrogen-bond acceptors (Lipinski definition) is 4. The van der Waals surface area contributed by atoms with E-state index in [2.05, 4.69) is 15.9 Å². The zero-order valence-electron chi connectivity index (χ0n) is 12.3. The first-order valence-corrected chi connectivity index (χ1v) is 7.70. The molecule has 0 spiro atoms. The third-order valence-corrected chi connectivity index (χ3v) is 4.73. The Morgan fingerprint density at radius 2 is 1.80 bits per heavy atom. The predicted molar refractivity (Wildman–Crippen MR) is 83.4 cm³/mol. The van der Waals surface area contributed by atoms with Crippen molar-refractivity contribution in [1.29, 1.82) is 0 Å². The van der Waals surface area contributed by atoms with Crippen LogP contribution >= 0.6 is 0 Å². The summed E-state index contributed by atoms with van der Waals surface area (Å²) in [5, 5.41) is 0. The van der Waals surface area contributed by atoms with Gasteiger partial charge in [-0.3, -0.25) is 4.90 Å². The Labute approximate surface area is 121 Å². The molecular weight excluding hydrogens is 250 g/mol. The Kier molecular flexibility index (Phi) is 4.01. The van der Waals surface area contributed by atoms with Gasteiger partial charge in [0, 0.05) is 38.3 Å². The van der Waals surface area contributed by atoms with Gasteiger partial charge in [-0.2, -0.15) is 0 Å². The van der Waals surface area contributed by atoms with Crippen molar-refractivity contribution >= 4 is 11.4 Å². The molecule has 0 bridgehead atoms. The second-order valence-electron chi connectivity index (χ2n) is 5.89. The fraction of sp³-hybridized carbons (Fsp3) is 0.625. The monoisotopic (exact) mass is 275 g/mol. The standard InChI is InChI=1S/C16H25N3O/c1-20-14-6-7-15(17)16(12-14)19-10-8-18(9-11-19)13-4-2-3-5-13/h6-7,12-13H,2-5,8-11,17H2,1H3. The minimum Gasteiger partial charge on any atom is -0.497 e. The van der Waals surface area contributed by atoms with Gasteiger partial charge >= 0.3 is 0 Å². The molecule has 1 saturated carbocycles. The number of methoxy groups -OCH3 is 1. The zero-order chi connectivity index (χ0) is 13.9. The first kappa shape index (κ1) is 13.6. The normalized spacial score (nSPS) is 21.4. The van der Waals surface area contributed by atoms with Crippen LogP contribution in [0.4, 0.5) is 11.4 Å². The molecule has 1 aliphatic carbocycles. The Hall–Kier alpha value is -1.42. The molecule has 1 aliphatic heterocycles. The third-order valence-electron chi connectivity index (χ3n) is 4.73. The average molecular weight is 275 g/mol. The van der Waals surface area contributed by atoms with Crippen molar-refractivity contribution in [2.24, 2.45) is 0 Å². The van der Waals surface area contributed by atoms with E-state index < -0.39 is 0 Å². The fourth-order valence-corrected chi connectivity index (χ4v) is 3.52. The number of nitrogen functional groups attached to an aromatic ring is 1. The van der Waals surface area contributed by atoms with Gasteiger partial charge in [-0.05, 0) is 25.0 Å². The van der Waals surface area contributed by atoms with Crippen LogP contribution in [0.1, 0.15) is 25.7 Å². The highest BCUT2D eigenvalue weighted by molar-refractivity contribution is 5.69. The summed E-state index contributed by atoms with van der Waals surface area (Å²) in [6, 6.07) is 6.76. The molecule has 4 nitrogen and oxygen atoms in total. The molecule has 0 unspecified atom stereocenters. The molecule has 20 heavy (non-hydrogen) atoms. The van der Waals surface area contributed by atoms with Crippen molar-refractivity contribution in [2.75, 3.05) is 43.9 Å². The average Bonchev–Trinajstić information content (AvgIpc) is 3.02. The van der Waals surface area contributed by atoms with E-state index in [0.29, 0.717) is 0 Å². The number of hydrogen-bond donors (Lipinski definition) is 1.